The number of rotatable bonds is 7. The van der Waals surface area contributed by atoms with Gasteiger partial charge in [-0.3, -0.25) is 4.99 Å². The zero-order valence-electron chi connectivity index (χ0n) is 14.5. The van der Waals surface area contributed by atoms with Crippen molar-refractivity contribution in [1.82, 2.24) is 15.2 Å². The highest BCUT2D eigenvalue weighted by atomic mass is 15.3. The fourth-order valence-corrected chi connectivity index (χ4v) is 2.78. The number of aromatic amines is 1. The van der Waals surface area contributed by atoms with Gasteiger partial charge in [-0.15, -0.1) is 6.58 Å². The average Bonchev–Trinajstić information content (AvgIpc) is 2.93. The summed E-state index contributed by atoms with van der Waals surface area (Å²) in [6.45, 7) is 7.74. The Bertz CT molecular complexity index is 669. The Kier molecular flexibility index (Phi) is 6.27. The van der Waals surface area contributed by atoms with Crippen molar-refractivity contribution in [3.63, 3.8) is 0 Å². The molecule has 0 aliphatic carbocycles. The topological polar surface area (TPSA) is 43.4 Å². The zero-order chi connectivity index (χ0) is 16.7. The number of guanidine groups is 1. The van der Waals surface area contributed by atoms with Crippen molar-refractivity contribution in [2.24, 2.45) is 4.99 Å². The Labute approximate surface area is 139 Å². The van der Waals surface area contributed by atoms with Crippen molar-refractivity contribution in [1.29, 1.82) is 0 Å². The molecule has 0 fully saturated rings. The predicted molar refractivity (Wildman–Crippen MR) is 100 cm³/mol. The van der Waals surface area contributed by atoms with E-state index in [9.17, 15) is 0 Å². The van der Waals surface area contributed by atoms with E-state index in [4.69, 9.17) is 0 Å². The second kappa shape index (κ2) is 8.42. The average molecular weight is 312 g/mol. The van der Waals surface area contributed by atoms with Crippen molar-refractivity contribution < 1.29 is 0 Å². The molecular formula is C19H28N4. The molecule has 0 amide bonds. The predicted octanol–water partition coefficient (Wildman–Crippen LogP) is 3.49. The van der Waals surface area contributed by atoms with Crippen LogP contribution in [-0.2, 0) is 6.42 Å². The molecule has 2 aromatic rings. The summed E-state index contributed by atoms with van der Waals surface area (Å²) in [5.41, 5.74) is 3.84. The standard InChI is InChI=1S/C19H28N4/c1-5-6-7-12-23(4)19(20-3)21-11-10-16-14-22-18-13-15(2)8-9-17(16)18/h5,8-9,13-14,22H,1,6-7,10-12H2,2-4H3,(H,20,21). The number of allylic oxidation sites excluding steroid dienone is 1. The molecule has 0 aliphatic heterocycles. The molecule has 2 N–H and O–H groups in total. The molecule has 4 heteroatoms. The van der Waals surface area contributed by atoms with Crippen LogP contribution in [0.25, 0.3) is 10.9 Å². The van der Waals surface area contributed by atoms with Gasteiger partial charge in [0, 0.05) is 44.3 Å². The van der Waals surface area contributed by atoms with Crippen LogP contribution in [0.5, 0.6) is 0 Å². The van der Waals surface area contributed by atoms with Gasteiger partial charge in [0.05, 0.1) is 0 Å². The van der Waals surface area contributed by atoms with Gasteiger partial charge in [0.25, 0.3) is 0 Å². The fraction of sp³-hybridized carbons (Fsp3) is 0.421. The number of fused-ring (bicyclic) bond motifs is 1. The first kappa shape index (κ1) is 17.1. The Morgan fingerprint density at radius 3 is 3.00 bits per heavy atom. The van der Waals surface area contributed by atoms with Crippen LogP contribution in [0.15, 0.2) is 42.0 Å². The van der Waals surface area contributed by atoms with Crippen LogP contribution >= 0.6 is 0 Å². The molecule has 0 bridgehead atoms. The van der Waals surface area contributed by atoms with E-state index in [1.165, 1.54) is 22.0 Å². The first-order valence-electron chi connectivity index (χ1n) is 8.25. The summed E-state index contributed by atoms with van der Waals surface area (Å²) in [6, 6.07) is 6.56. The number of H-pyrrole nitrogens is 1. The number of aryl methyl sites for hydroxylation is 1. The number of unbranched alkanes of at least 4 members (excludes halogenated alkanes) is 1. The third kappa shape index (κ3) is 4.62. The number of aromatic nitrogens is 1. The van der Waals surface area contributed by atoms with Gasteiger partial charge in [-0.1, -0.05) is 18.2 Å². The van der Waals surface area contributed by atoms with Crippen LogP contribution in [0.3, 0.4) is 0 Å². The Morgan fingerprint density at radius 2 is 2.26 bits per heavy atom. The van der Waals surface area contributed by atoms with Crippen LogP contribution in [-0.4, -0.2) is 43.0 Å². The molecule has 0 saturated carbocycles. The van der Waals surface area contributed by atoms with Crippen molar-refractivity contribution in [3.05, 3.63) is 48.2 Å². The molecule has 1 aromatic heterocycles. The SMILES string of the molecule is C=CCCCN(C)C(=NC)NCCc1c[nH]c2cc(C)ccc12. The summed E-state index contributed by atoms with van der Waals surface area (Å²) >= 11 is 0. The summed E-state index contributed by atoms with van der Waals surface area (Å²) < 4.78 is 0. The molecular weight excluding hydrogens is 284 g/mol. The second-order valence-corrected chi connectivity index (χ2v) is 5.94. The van der Waals surface area contributed by atoms with Gasteiger partial charge < -0.3 is 15.2 Å². The number of hydrogen-bond acceptors (Lipinski definition) is 1. The van der Waals surface area contributed by atoms with Crippen LogP contribution < -0.4 is 5.32 Å². The molecule has 2 rings (SSSR count). The number of benzene rings is 1. The normalized spacial score (nSPS) is 11.7. The zero-order valence-corrected chi connectivity index (χ0v) is 14.5. The highest BCUT2D eigenvalue weighted by Gasteiger charge is 2.07. The van der Waals surface area contributed by atoms with Gasteiger partial charge in [-0.25, -0.2) is 0 Å². The lowest BCUT2D eigenvalue weighted by molar-refractivity contribution is 0.470. The number of nitrogens with zero attached hydrogens (tertiary/aromatic N) is 2. The molecule has 4 nitrogen and oxygen atoms in total. The van der Waals surface area contributed by atoms with E-state index in [1.54, 1.807) is 0 Å². The quantitative estimate of drug-likeness (QED) is 0.356. The number of nitrogens with one attached hydrogen (secondary N) is 2. The van der Waals surface area contributed by atoms with E-state index in [0.29, 0.717) is 0 Å². The first-order valence-corrected chi connectivity index (χ1v) is 8.25. The smallest absolute Gasteiger partial charge is 0.193 e. The molecule has 0 radical (unpaired) electrons. The molecule has 1 heterocycles. The van der Waals surface area contributed by atoms with E-state index in [1.807, 2.05) is 13.1 Å². The molecule has 23 heavy (non-hydrogen) atoms. The van der Waals surface area contributed by atoms with E-state index >= 15 is 0 Å². The first-order chi connectivity index (χ1) is 11.2. The van der Waals surface area contributed by atoms with Gasteiger partial charge in [0.1, 0.15) is 0 Å². The third-order valence-electron chi connectivity index (χ3n) is 4.08. The van der Waals surface area contributed by atoms with Crippen molar-refractivity contribution in [2.45, 2.75) is 26.2 Å². The number of aliphatic imine (C=N–C) groups is 1. The van der Waals surface area contributed by atoms with E-state index < -0.39 is 0 Å². The largest absolute Gasteiger partial charge is 0.361 e. The minimum atomic E-state index is 0.874. The van der Waals surface area contributed by atoms with Crippen LogP contribution in [0.4, 0.5) is 0 Å². The fourth-order valence-electron chi connectivity index (χ4n) is 2.78. The van der Waals surface area contributed by atoms with E-state index in [2.05, 4.69) is 65.1 Å². The lowest BCUT2D eigenvalue weighted by Gasteiger charge is -2.21. The summed E-state index contributed by atoms with van der Waals surface area (Å²) in [6.07, 6.45) is 7.19. The van der Waals surface area contributed by atoms with Gasteiger partial charge in [0.15, 0.2) is 5.96 Å². The molecule has 0 atom stereocenters. The Morgan fingerprint density at radius 1 is 1.43 bits per heavy atom. The molecule has 0 unspecified atom stereocenters. The molecule has 124 valence electrons. The van der Waals surface area contributed by atoms with Crippen molar-refractivity contribution >= 4 is 16.9 Å². The van der Waals surface area contributed by atoms with Gasteiger partial charge >= 0.3 is 0 Å². The van der Waals surface area contributed by atoms with Crippen LogP contribution in [0.1, 0.15) is 24.0 Å². The highest BCUT2D eigenvalue weighted by molar-refractivity contribution is 5.84. The van der Waals surface area contributed by atoms with Crippen molar-refractivity contribution in [3.8, 4) is 0 Å². The lowest BCUT2D eigenvalue weighted by Crippen LogP contribution is -2.40. The molecule has 0 saturated heterocycles. The van der Waals surface area contributed by atoms with E-state index in [0.717, 1.165) is 38.3 Å². The number of hydrogen-bond donors (Lipinski definition) is 2. The Hall–Kier alpha value is -2.23. The maximum absolute atomic E-state index is 4.36. The summed E-state index contributed by atoms with van der Waals surface area (Å²) in [4.78, 5) is 9.89. The van der Waals surface area contributed by atoms with Crippen LogP contribution in [0.2, 0.25) is 0 Å². The van der Waals surface area contributed by atoms with Gasteiger partial charge in [-0.05, 0) is 43.4 Å². The third-order valence-corrected chi connectivity index (χ3v) is 4.08. The van der Waals surface area contributed by atoms with Gasteiger partial charge in [0.2, 0.25) is 0 Å². The summed E-state index contributed by atoms with van der Waals surface area (Å²) in [7, 11) is 3.91. The molecule has 1 aromatic carbocycles. The summed E-state index contributed by atoms with van der Waals surface area (Å²) in [5.74, 6) is 0.949. The van der Waals surface area contributed by atoms with Gasteiger partial charge in [-0.2, -0.15) is 0 Å². The minimum absolute atomic E-state index is 0.874. The molecule has 0 aliphatic rings. The van der Waals surface area contributed by atoms with Crippen molar-refractivity contribution in [2.75, 3.05) is 27.2 Å². The second-order valence-electron chi connectivity index (χ2n) is 5.94. The highest BCUT2D eigenvalue weighted by Crippen LogP contribution is 2.19. The van der Waals surface area contributed by atoms with Crippen LogP contribution in [0, 0.1) is 6.92 Å². The maximum Gasteiger partial charge on any atom is 0.193 e. The summed E-state index contributed by atoms with van der Waals surface area (Å²) in [5, 5.41) is 4.76. The minimum Gasteiger partial charge on any atom is -0.361 e. The monoisotopic (exact) mass is 312 g/mol. The maximum atomic E-state index is 4.36. The lowest BCUT2D eigenvalue weighted by atomic mass is 10.1. The Balaban J connectivity index is 1.88. The molecule has 0 spiro atoms. The van der Waals surface area contributed by atoms with E-state index in [-0.39, 0.29) is 0 Å².